The number of amides is 2. The molecule has 1 aliphatic heterocycles. The number of anilines is 1. The van der Waals surface area contributed by atoms with Crippen LogP contribution in [0.5, 0.6) is 0 Å². The number of hydrogen-bond donors (Lipinski definition) is 2. The average Bonchev–Trinajstić information content (AvgIpc) is 2.68. The third-order valence-electron chi connectivity index (χ3n) is 5.40. The predicted molar refractivity (Wildman–Crippen MR) is 106 cm³/mol. The molecule has 27 heavy (non-hydrogen) atoms. The van der Waals surface area contributed by atoms with E-state index in [0.29, 0.717) is 40.9 Å². The van der Waals surface area contributed by atoms with E-state index < -0.39 is 18.0 Å². The van der Waals surface area contributed by atoms with E-state index in [2.05, 4.69) is 10.3 Å². The third-order valence-corrected chi connectivity index (χ3v) is 5.74. The monoisotopic (exact) mass is 391 g/mol. The van der Waals surface area contributed by atoms with Gasteiger partial charge in [-0.15, -0.1) is 0 Å². The number of carbonyl (C=O) groups excluding carboxylic acids is 2. The number of nitrogens with zero attached hydrogens (tertiary/aromatic N) is 1. The van der Waals surface area contributed by atoms with E-state index in [9.17, 15) is 9.59 Å². The molecule has 3 rings (SSSR count). The molecule has 0 aromatic heterocycles. The Bertz CT molecular complexity index is 744. The van der Waals surface area contributed by atoms with Crippen molar-refractivity contribution in [2.24, 2.45) is 16.8 Å². The molecule has 2 atom stereocenters. The van der Waals surface area contributed by atoms with Gasteiger partial charge in [0.25, 0.3) is 0 Å². The minimum atomic E-state index is -0.656. The van der Waals surface area contributed by atoms with Crippen molar-refractivity contribution in [1.29, 1.82) is 0 Å². The topological polar surface area (TPSA) is 93.8 Å². The molecular formula is C20H26ClN3O3. The van der Waals surface area contributed by atoms with Gasteiger partial charge in [0.05, 0.1) is 23.4 Å². The Hall–Kier alpha value is -2.08. The van der Waals surface area contributed by atoms with E-state index in [1.807, 2.05) is 6.92 Å². The molecule has 0 spiro atoms. The number of nitrogens with one attached hydrogen (secondary N) is 1. The minimum Gasteiger partial charge on any atom is -0.465 e. The van der Waals surface area contributed by atoms with Gasteiger partial charge >= 0.3 is 12.0 Å². The highest BCUT2D eigenvalue weighted by Gasteiger charge is 2.39. The lowest BCUT2D eigenvalue weighted by Gasteiger charge is -2.31. The van der Waals surface area contributed by atoms with Crippen LogP contribution in [-0.2, 0) is 9.53 Å². The molecule has 1 aromatic rings. The molecule has 2 amide bonds. The quantitative estimate of drug-likeness (QED) is 0.578. The van der Waals surface area contributed by atoms with Crippen LogP contribution in [0.15, 0.2) is 23.2 Å². The molecule has 0 saturated heterocycles. The fourth-order valence-corrected chi connectivity index (χ4v) is 4.00. The fraction of sp³-hybridized carbons (Fsp3) is 0.550. The maximum absolute atomic E-state index is 12.9. The standard InChI is InChI=1S/C20H26ClN3O3/c1-2-16-17(19(25)27-11-12-6-4-3-5-7-12)18(24-20(26)23-16)13-8-9-14(21)15(22)10-13/h8-10,12,17-18H,2-7,11,22H2,1H3,(H,24,26). The maximum Gasteiger partial charge on any atom is 0.341 e. The molecule has 7 heteroatoms. The smallest absolute Gasteiger partial charge is 0.341 e. The van der Waals surface area contributed by atoms with Crippen LogP contribution in [0.25, 0.3) is 0 Å². The Labute approximate surface area is 164 Å². The van der Waals surface area contributed by atoms with E-state index in [0.717, 1.165) is 12.8 Å². The summed E-state index contributed by atoms with van der Waals surface area (Å²) in [6.45, 7) is 2.31. The summed E-state index contributed by atoms with van der Waals surface area (Å²) in [5.41, 5.74) is 7.56. The van der Waals surface area contributed by atoms with Gasteiger partial charge in [-0.2, -0.15) is 0 Å². The van der Waals surface area contributed by atoms with Crippen molar-refractivity contribution in [3.63, 3.8) is 0 Å². The summed E-state index contributed by atoms with van der Waals surface area (Å²) < 4.78 is 5.67. The van der Waals surface area contributed by atoms with Crippen LogP contribution in [0.1, 0.15) is 57.1 Å². The third kappa shape index (κ3) is 4.61. The van der Waals surface area contributed by atoms with Crippen LogP contribution in [0.2, 0.25) is 5.02 Å². The van der Waals surface area contributed by atoms with E-state index >= 15 is 0 Å². The number of nitrogen functional groups attached to an aromatic ring is 1. The maximum atomic E-state index is 12.9. The van der Waals surface area contributed by atoms with Crippen LogP contribution in [-0.4, -0.2) is 24.3 Å². The van der Waals surface area contributed by atoms with Crippen LogP contribution in [0, 0.1) is 11.8 Å². The fourth-order valence-electron chi connectivity index (χ4n) is 3.89. The number of aliphatic imine (C=N–C) groups is 1. The van der Waals surface area contributed by atoms with Gasteiger partial charge in [0.15, 0.2) is 0 Å². The predicted octanol–water partition coefficient (Wildman–Crippen LogP) is 4.28. The SMILES string of the molecule is CCC1=NC(=O)NC(c2ccc(Cl)c(N)c2)C1C(=O)OCC1CCCCC1. The molecule has 0 bridgehead atoms. The van der Waals surface area contributed by atoms with E-state index in [1.165, 1.54) is 19.3 Å². The first-order valence-corrected chi connectivity index (χ1v) is 9.97. The zero-order valence-electron chi connectivity index (χ0n) is 15.5. The summed E-state index contributed by atoms with van der Waals surface area (Å²) in [6.07, 6.45) is 6.33. The summed E-state index contributed by atoms with van der Waals surface area (Å²) in [7, 11) is 0. The normalized spacial score (nSPS) is 23.5. The second-order valence-corrected chi connectivity index (χ2v) is 7.68. The molecule has 6 nitrogen and oxygen atoms in total. The number of rotatable bonds is 5. The van der Waals surface area contributed by atoms with E-state index in [1.54, 1.807) is 18.2 Å². The number of halogens is 1. The summed E-state index contributed by atoms with van der Waals surface area (Å²) in [6, 6.07) is 4.10. The Morgan fingerprint density at radius 2 is 2.07 bits per heavy atom. The van der Waals surface area contributed by atoms with Crippen molar-refractivity contribution < 1.29 is 14.3 Å². The number of nitrogens with two attached hydrogens (primary N) is 1. The van der Waals surface area contributed by atoms with Gasteiger partial charge in [-0.1, -0.05) is 43.9 Å². The van der Waals surface area contributed by atoms with Gasteiger partial charge in [0.2, 0.25) is 0 Å². The molecule has 1 saturated carbocycles. The molecule has 1 aliphatic carbocycles. The second kappa shape index (κ2) is 8.74. The summed E-state index contributed by atoms with van der Waals surface area (Å²) in [5.74, 6) is -0.580. The minimum absolute atomic E-state index is 0.348. The summed E-state index contributed by atoms with van der Waals surface area (Å²) >= 11 is 6.01. The molecule has 1 aromatic carbocycles. The summed E-state index contributed by atoms with van der Waals surface area (Å²) in [5, 5.41) is 3.22. The Morgan fingerprint density at radius 1 is 1.33 bits per heavy atom. The van der Waals surface area contributed by atoms with Gasteiger partial charge in [-0.3, -0.25) is 4.79 Å². The van der Waals surface area contributed by atoms with Crippen molar-refractivity contribution in [3.8, 4) is 0 Å². The molecule has 3 N–H and O–H groups in total. The number of carbonyl (C=O) groups is 2. The lowest BCUT2D eigenvalue weighted by Crippen LogP contribution is -2.45. The van der Waals surface area contributed by atoms with Crippen molar-refractivity contribution in [3.05, 3.63) is 28.8 Å². The Morgan fingerprint density at radius 3 is 2.74 bits per heavy atom. The van der Waals surface area contributed by atoms with E-state index in [-0.39, 0.29) is 5.97 Å². The lowest BCUT2D eigenvalue weighted by atomic mass is 9.86. The zero-order valence-corrected chi connectivity index (χ0v) is 16.3. The zero-order chi connectivity index (χ0) is 19.4. The van der Waals surface area contributed by atoms with Crippen LogP contribution >= 0.6 is 11.6 Å². The number of urea groups is 1. The van der Waals surface area contributed by atoms with Crippen molar-refractivity contribution in [2.45, 2.75) is 51.5 Å². The van der Waals surface area contributed by atoms with Crippen LogP contribution < -0.4 is 11.1 Å². The van der Waals surface area contributed by atoms with Crippen molar-refractivity contribution in [2.75, 3.05) is 12.3 Å². The van der Waals surface area contributed by atoms with Crippen LogP contribution in [0.4, 0.5) is 10.5 Å². The van der Waals surface area contributed by atoms with Gasteiger partial charge in [0, 0.05) is 5.71 Å². The highest BCUT2D eigenvalue weighted by Crippen LogP contribution is 2.32. The molecule has 146 valence electrons. The Kier molecular flexibility index (Phi) is 6.37. The molecular weight excluding hydrogens is 366 g/mol. The van der Waals surface area contributed by atoms with Gasteiger partial charge in [0.1, 0.15) is 5.92 Å². The molecule has 1 heterocycles. The Balaban J connectivity index is 1.81. The first-order valence-electron chi connectivity index (χ1n) is 9.59. The number of hydrogen-bond acceptors (Lipinski definition) is 4. The first kappa shape index (κ1) is 19.7. The molecule has 2 unspecified atom stereocenters. The van der Waals surface area contributed by atoms with Gasteiger partial charge < -0.3 is 15.8 Å². The number of esters is 1. The highest BCUT2D eigenvalue weighted by molar-refractivity contribution is 6.33. The molecule has 2 aliphatic rings. The van der Waals surface area contributed by atoms with Crippen molar-refractivity contribution >= 4 is 35.0 Å². The first-order chi connectivity index (χ1) is 13.0. The largest absolute Gasteiger partial charge is 0.465 e. The lowest BCUT2D eigenvalue weighted by molar-refractivity contribution is -0.148. The van der Waals surface area contributed by atoms with E-state index in [4.69, 9.17) is 22.1 Å². The molecule has 0 radical (unpaired) electrons. The number of ether oxygens (including phenoxy) is 1. The van der Waals surface area contributed by atoms with Gasteiger partial charge in [-0.25, -0.2) is 9.79 Å². The second-order valence-electron chi connectivity index (χ2n) is 7.28. The highest BCUT2D eigenvalue weighted by atomic mass is 35.5. The summed E-state index contributed by atoms with van der Waals surface area (Å²) in [4.78, 5) is 29.0. The van der Waals surface area contributed by atoms with Crippen LogP contribution in [0.3, 0.4) is 0 Å². The molecule has 1 fully saturated rings. The number of benzene rings is 1. The average molecular weight is 392 g/mol. The van der Waals surface area contributed by atoms with Crippen molar-refractivity contribution in [1.82, 2.24) is 5.32 Å². The van der Waals surface area contributed by atoms with Gasteiger partial charge in [-0.05, 0) is 42.9 Å².